The summed E-state index contributed by atoms with van der Waals surface area (Å²) in [5.41, 5.74) is 3.59. The van der Waals surface area contributed by atoms with Crippen LogP contribution in [0, 0.1) is 5.92 Å². The Morgan fingerprint density at radius 1 is 1.05 bits per heavy atom. The molecule has 1 heterocycles. The van der Waals surface area contributed by atoms with E-state index in [2.05, 4.69) is 5.32 Å². The Bertz CT molecular complexity index is 1490. The summed E-state index contributed by atoms with van der Waals surface area (Å²) >= 11 is 12.3. The molecule has 0 aromatic heterocycles. The van der Waals surface area contributed by atoms with E-state index in [4.69, 9.17) is 28.9 Å². The molecule has 3 amide bonds. The van der Waals surface area contributed by atoms with Crippen molar-refractivity contribution in [1.82, 2.24) is 10.2 Å². The first-order chi connectivity index (χ1) is 19.9. The summed E-state index contributed by atoms with van der Waals surface area (Å²) in [4.78, 5) is 55.6. The molecule has 2 unspecified atom stereocenters. The number of likely N-dealkylation sites (tertiary alicyclic amines) is 1. The maximum Gasteiger partial charge on any atom is 0.287 e. The number of rotatable bonds is 12. The van der Waals surface area contributed by atoms with Crippen LogP contribution in [0.15, 0.2) is 53.4 Å². The quantitative estimate of drug-likeness (QED) is 0.268. The highest BCUT2D eigenvalue weighted by molar-refractivity contribution is 7.92. The Morgan fingerprint density at radius 2 is 1.69 bits per heavy atom. The Balaban J connectivity index is 1.84. The number of Topliss-reactive ketones (excluding diaryl/α,β-unsaturated/α-hetero) is 1. The standard InChI is InChI=1S/C30H35Cl2N3O6S/c1-3-5-16-34-26(37)25(36)22(4-2)30(27(33)38)17-21(42(40,41)24-9-7-6-8-23(24)32)18-35(30)28(39)29(14-15-29)19-10-12-20(31)13-11-19/h6-13,21-22H,3-5,14-18H2,1-2H3,(H2,33,38)(H,34,37)/t21?,22-,30?/m1/s1. The number of ketones is 1. The van der Waals surface area contributed by atoms with E-state index in [1.54, 1.807) is 37.3 Å². The first kappa shape index (κ1) is 32.0. The second-order valence-corrected chi connectivity index (χ2v) is 14.1. The number of hydrogen-bond donors (Lipinski definition) is 2. The SMILES string of the molecule is CCCCNC(=O)C(=O)[C@@H](CC)C1(C(N)=O)CC(S(=O)(=O)c2ccccc2Cl)CN1C(=O)C1(c2ccc(Cl)cc2)CC1. The lowest BCUT2D eigenvalue weighted by Crippen LogP contribution is -2.64. The molecule has 2 aromatic carbocycles. The number of sulfone groups is 1. The van der Waals surface area contributed by atoms with Crippen LogP contribution in [0.25, 0.3) is 0 Å². The van der Waals surface area contributed by atoms with Gasteiger partial charge in [-0.25, -0.2) is 8.42 Å². The molecular formula is C30H35Cl2N3O6S. The second-order valence-electron chi connectivity index (χ2n) is 11.0. The van der Waals surface area contributed by atoms with Crippen molar-refractivity contribution in [3.05, 3.63) is 64.1 Å². The van der Waals surface area contributed by atoms with Gasteiger partial charge in [0.25, 0.3) is 5.91 Å². The van der Waals surface area contributed by atoms with E-state index in [1.165, 1.54) is 23.1 Å². The van der Waals surface area contributed by atoms with E-state index >= 15 is 0 Å². The predicted octanol–water partition coefficient (Wildman–Crippen LogP) is 3.84. The average molecular weight is 637 g/mol. The Hall–Kier alpha value is -2.95. The van der Waals surface area contributed by atoms with E-state index < -0.39 is 68.4 Å². The lowest BCUT2D eigenvalue weighted by Gasteiger charge is -2.42. The molecule has 2 fully saturated rings. The van der Waals surface area contributed by atoms with Crippen LogP contribution in [0.4, 0.5) is 0 Å². The van der Waals surface area contributed by atoms with Crippen molar-refractivity contribution >= 4 is 56.5 Å². The molecule has 226 valence electrons. The summed E-state index contributed by atoms with van der Waals surface area (Å²) in [6.45, 7) is 3.40. The maximum absolute atomic E-state index is 14.5. The Labute approximate surface area is 256 Å². The monoisotopic (exact) mass is 635 g/mol. The molecule has 3 N–H and O–H groups in total. The molecule has 0 bridgehead atoms. The van der Waals surface area contributed by atoms with Crippen LogP contribution in [-0.2, 0) is 34.4 Å². The molecule has 42 heavy (non-hydrogen) atoms. The zero-order valence-electron chi connectivity index (χ0n) is 23.6. The third-order valence-electron chi connectivity index (χ3n) is 8.56. The predicted molar refractivity (Wildman–Crippen MR) is 160 cm³/mol. The summed E-state index contributed by atoms with van der Waals surface area (Å²) in [6, 6.07) is 12.6. The van der Waals surface area contributed by atoms with Gasteiger partial charge in [0.05, 0.1) is 26.5 Å². The molecule has 9 nitrogen and oxygen atoms in total. The van der Waals surface area contributed by atoms with Crippen molar-refractivity contribution in [3.63, 3.8) is 0 Å². The molecule has 1 aliphatic heterocycles. The van der Waals surface area contributed by atoms with Crippen LogP contribution in [-0.4, -0.2) is 60.7 Å². The topological polar surface area (TPSA) is 144 Å². The molecule has 2 aromatic rings. The lowest BCUT2D eigenvalue weighted by molar-refractivity contribution is -0.154. The van der Waals surface area contributed by atoms with Crippen LogP contribution in [0.5, 0.6) is 0 Å². The highest BCUT2D eigenvalue weighted by Gasteiger charge is 2.65. The molecule has 0 spiro atoms. The van der Waals surface area contributed by atoms with Crippen LogP contribution in [0.3, 0.4) is 0 Å². The molecule has 1 saturated carbocycles. The van der Waals surface area contributed by atoms with E-state index in [0.29, 0.717) is 29.8 Å². The molecule has 12 heteroatoms. The number of nitrogens with two attached hydrogens (primary N) is 1. The van der Waals surface area contributed by atoms with Gasteiger partial charge < -0.3 is 16.0 Å². The van der Waals surface area contributed by atoms with Crippen LogP contribution in [0.2, 0.25) is 10.0 Å². The molecule has 1 aliphatic carbocycles. The number of amides is 3. The number of benzene rings is 2. The fourth-order valence-corrected chi connectivity index (χ4v) is 8.46. The zero-order valence-corrected chi connectivity index (χ0v) is 25.9. The van der Waals surface area contributed by atoms with E-state index in [-0.39, 0.29) is 22.9 Å². The van der Waals surface area contributed by atoms with Gasteiger partial charge in [0, 0.05) is 18.1 Å². The number of unbranched alkanes of at least 4 members (excludes halogenated alkanes) is 1. The number of nitrogens with zero attached hydrogens (tertiary/aromatic N) is 1. The first-order valence-corrected chi connectivity index (χ1v) is 16.4. The Morgan fingerprint density at radius 3 is 2.24 bits per heavy atom. The number of nitrogens with one attached hydrogen (secondary N) is 1. The number of primary amides is 1. The van der Waals surface area contributed by atoms with Gasteiger partial charge in [-0.05, 0) is 61.9 Å². The fourth-order valence-electron chi connectivity index (χ4n) is 6.09. The van der Waals surface area contributed by atoms with Crippen molar-refractivity contribution < 1.29 is 27.6 Å². The summed E-state index contributed by atoms with van der Waals surface area (Å²) in [5.74, 6) is -4.75. The third kappa shape index (κ3) is 5.56. The smallest absolute Gasteiger partial charge is 0.287 e. The zero-order chi connectivity index (χ0) is 30.9. The van der Waals surface area contributed by atoms with Gasteiger partial charge in [-0.1, -0.05) is 67.7 Å². The summed E-state index contributed by atoms with van der Waals surface area (Å²) in [6.07, 6.45) is 1.84. The fraction of sp³-hybridized carbons (Fsp3) is 0.467. The normalized spacial score (nSPS) is 21.9. The van der Waals surface area contributed by atoms with Crippen molar-refractivity contribution in [3.8, 4) is 0 Å². The van der Waals surface area contributed by atoms with Gasteiger partial charge in [0.15, 0.2) is 9.84 Å². The summed E-state index contributed by atoms with van der Waals surface area (Å²) < 4.78 is 27.9. The van der Waals surface area contributed by atoms with Gasteiger partial charge in [0.2, 0.25) is 17.6 Å². The third-order valence-corrected chi connectivity index (χ3v) is 11.4. The van der Waals surface area contributed by atoms with E-state index in [1.807, 2.05) is 6.92 Å². The van der Waals surface area contributed by atoms with E-state index in [9.17, 15) is 27.6 Å². The van der Waals surface area contributed by atoms with Crippen LogP contribution >= 0.6 is 23.2 Å². The molecule has 1 saturated heterocycles. The molecular weight excluding hydrogens is 601 g/mol. The number of halogens is 2. The molecule has 3 atom stereocenters. The van der Waals surface area contributed by atoms with Crippen LogP contribution in [0.1, 0.15) is 57.9 Å². The summed E-state index contributed by atoms with van der Waals surface area (Å²) in [7, 11) is -4.20. The largest absolute Gasteiger partial charge is 0.368 e. The summed E-state index contributed by atoms with van der Waals surface area (Å²) in [5, 5.41) is 1.74. The van der Waals surface area contributed by atoms with E-state index in [0.717, 1.165) is 6.42 Å². The number of hydrogen-bond acceptors (Lipinski definition) is 6. The number of carbonyl (C=O) groups excluding carboxylic acids is 4. The molecule has 0 radical (unpaired) electrons. The minimum atomic E-state index is -4.20. The molecule has 2 aliphatic rings. The van der Waals surface area contributed by atoms with Crippen molar-refractivity contribution in [1.29, 1.82) is 0 Å². The lowest BCUT2D eigenvalue weighted by atomic mass is 9.75. The van der Waals surface area contributed by atoms with Crippen molar-refractivity contribution in [2.75, 3.05) is 13.1 Å². The van der Waals surface area contributed by atoms with Gasteiger partial charge >= 0.3 is 0 Å². The van der Waals surface area contributed by atoms with Gasteiger partial charge in [0.1, 0.15) is 5.54 Å². The highest BCUT2D eigenvalue weighted by Crippen LogP contribution is 2.53. The van der Waals surface area contributed by atoms with Crippen molar-refractivity contribution in [2.24, 2.45) is 11.7 Å². The average Bonchev–Trinajstić information content (AvgIpc) is 3.67. The maximum atomic E-state index is 14.5. The van der Waals surface area contributed by atoms with Gasteiger partial charge in [-0.3, -0.25) is 19.2 Å². The number of carbonyl (C=O) groups is 4. The Kier molecular flexibility index (Phi) is 9.40. The molecule has 4 rings (SSSR count). The van der Waals surface area contributed by atoms with Gasteiger partial charge in [-0.15, -0.1) is 0 Å². The van der Waals surface area contributed by atoms with Crippen LogP contribution < -0.4 is 11.1 Å². The minimum Gasteiger partial charge on any atom is -0.368 e. The highest BCUT2D eigenvalue weighted by atomic mass is 35.5. The van der Waals surface area contributed by atoms with Crippen molar-refractivity contribution in [2.45, 2.75) is 73.5 Å². The minimum absolute atomic E-state index is 0.00908. The van der Waals surface area contributed by atoms with Gasteiger partial charge in [-0.2, -0.15) is 0 Å². The first-order valence-electron chi connectivity index (χ1n) is 14.0. The second kappa shape index (κ2) is 12.3.